The Labute approximate surface area is 127 Å². The van der Waals surface area contributed by atoms with Crippen LogP contribution in [0.25, 0.3) is 0 Å². The predicted molar refractivity (Wildman–Crippen MR) is 82.3 cm³/mol. The standard InChI is InChI=1S/C18H25NO2/c1-2-3-14-4-5-15-11-21-18(17(15)10-14)6-8-19(9-7-18)16-12-20-13-16/h4-5,10,16H,2-3,6-9,11-13H2,1H3. The van der Waals surface area contributed by atoms with Gasteiger partial charge in [-0.05, 0) is 36.0 Å². The van der Waals surface area contributed by atoms with Gasteiger partial charge < -0.3 is 9.47 Å². The molecule has 2 fully saturated rings. The van der Waals surface area contributed by atoms with E-state index in [9.17, 15) is 0 Å². The van der Waals surface area contributed by atoms with Gasteiger partial charge in [-0.25, -0.2) is 0 Å². The summed E-state index contributed by atoms with van der Waals surface area (Å²) in [6.45, 7) is 7.18. The Kier molecular flexibility index (Phi) is 3.52. The molecule has 2 saturated heterocycles. The van der Waals surface area contributed by atoms with Crippen LogP contribution >= 0.6 is 0 Å². The summed E-state index contributed by atoms with van der Waals surface area (Å²) >= 11 is 0. The number of benzene rings is 1. The van der Waals surface area contributed by atoms with Gasteiger partial charge in [-0.1, -0.05) is 31.5 Å². The fourth-order valence-electron chi connectivity index (χ4n) is 4.01. The normalized spacial score (nSPS) is 25.0. The number of ether oxygens (including phenoxy) is 2. The minimum atomic E-state index is 0.000188. The van der Waals surface area contributed by atoms with E-state index in [1.165, 1.54) is 29.5 Å². The summed E-state index contributed by atoms with van der Waals surface area (Å²) in [6.07, 6.45) is 4.65. The second kappa shape index (κ2) is 5.38. The number of hydrogen-bond acceptors (Lipinski definition) is 3. The number of nitrogens with zero attached hydrogens (tertiary/aromatic N) is 1. The molecule has 3 heteroatoms. The summed E-state index contributed by atoms with van der Waals surface area (Å²) in [5, 5.41) is 0. The smallest absolute Gasteiger partial charge is 0.0963 e. The van der Waals surface area contributed by atoms with Crippen LogP contribution in [0.2, 0.25) is 0 Å². The van der Waals surface area contributed by atoms with Crippen LogP contribution < -0.4 is 0 Å². The first-order chi connectivity index (χ1) is 10.3. The van der Waals surface area contributed by atoms with Gasteiger partial charge >= 0.3 is 0 Å². The molecule has 0 radical (unpaired) electrons. The average molecular weight is 287 g/mol. The van der Waals surface area contributed by atoms with Crippen molar-refractivity contribution in [3.8, 4) is 0 Å². The molecule has 4 rings (SSSR count). The lowest BCUT2D eigenvalue weighted by Gasteiger charge is -2.45. The molecule has 1 aromatic rings. The summed E-state index contributed by atoms with van der Waals surface area (Å²) in [7, 11) is 0. The molecule has 0 bridgehead atoms. The highest BCUT2D eigenvalue weighted by atomic mass is 16.5. The van der Waals surface area contributed by atoms with Crippen LogP contribution in [0, 0.1) is 0 Å². The summed E-state index contributed by atoms with van der Waals surface area (Å²) in [5.74, 6) is 0. The van der Waals surface area contributed by atoms with Gasteiger partial charge in [0.15, 0.2) is 0 Å². The van der Waals surface area contributed by atoms with Crippen molar-refractivity contribution in [3.63, 3.8) is 0 Å². The Morgan fingerprint density at radius 2 is 2.05 bits per heavy atom. The Balaban J connectivity index is 1.53. The third kappa shape index (κ3) is 2.32. The molecule has 0 amide bonds. The zero-order valence-corrected chi connectivity index (χ0v) is 12.9. The molecule has 0 saturated carbocycles. The third-order valence-corrected chi connectivity index (χ3v) is 5.45. The van der Waals surface area contributed by atoms with Gasteiger partial charge in [0.1, 0.15) is 0 Å². The molecule has 3 aliphatic rings. The van der Waals surface area contributed by atoms with E-state index in [4.69, 9.17) is 9.47 Å². The van der Waals surface area contributed by atoms with Crippen LogP contribution in [0.15, 0.2) is 18.2 Å². The van der Waals surface area contributed by atoms with Crippen LogP contribution in [0.5, 0.6) is 0 Å². The number of fused-ring (bicyclic) bond motifs is 2. The van der Waals surface area contributed by atoms with Crippen molar-refractivity contribution in [2.75, 3.05) is 26.3 Å². The SMILES string of the molecule is CCCc1ccc2c(c1)C1(CCN(C3COC3)CC1)OC2. The van der Waals surface area contributed by atoms with Gasteiger partial charge in [0.05, 0.1) is 31.5 Å². The number of hydrogen-bond donors (Lipinski definition) is 0. The van der Waals surface area contributed by atoms with E-state index in [2.05, 4.69) is 30.0 Å². The molecular weight excluding hydrogens is 262 g/mol. The van der Waals surface area contributed by atoms with Gasteiger partial charge in [0.2, 0.25) is 0 Å². The molecule has 3 aliphatic heterocycles. The van der Waals surface area contributed by atoms with E-state index in [0.29, 0.717) is 6.04 Å². The van der Waals surface area contributed by atoms with E-state index < -0.39 is 0 Å². The fourth-order valence-corrected chi connectivity index (χ4v) is 4.01. The van der Waals surface area contributed by atoms with E-state index in [1.54, 1.807) is 0 Å². The second-order valence-electron chi connectivity index (χ2n) is 6.75. The Bertz CT molecular complexity index is 516. The van der Waals surface area contributed by atoms with Crippen molar-refractivity contribution in [3.05, 3.63) is 34.9 Å². The van der Waals surface area contributed by atoms with Crippen LogP contribution in [-0.2, 0) is 28.1 Å². The molecule has 1 aromatic carbocycles. The molecule has 0 atom stereocenters. The zero-order chi connectivity index (χ0) is 14.3. The van der Waals surface area contributed by atoms with Gasteiger partial charge in [0.25, 0.3) is 0 Å². The molecule has 114 valence electrons. The monoisotopic (exact) mass is 287 g/mol. The minimum Gasteiger partial charge on any atom is -0.378 e. The van der Waals surface area contributed by atoms with Crippen molar-refractivity contribution in [1.82, 2.24) is 4.90 Å². The highest BCUT2D eigenvalue weighted by Gasteiger charge is 2.44. The van der Waals surface area contributed by atoms with Crippen LogP contribution in [-0.4, -0.2) is 37.2 Å². The Morgan fingerprint density at radius 3 is 2.71 bits per heavy atom. The summed E-state index contributed by atoms with van der Waals surface area (Å²) in [4.78, 5) is 2.59. The lowest BCUT2D eigenvalue weighted by atomic mass is 9.82. The molecule has 21 heavy (non-hydrogen) atoms. The van der Waals surface area contributed by atoms with Crippen LogP contribution in [0.4, 0.5) is 0 Å². The number of rotatable bonds is 3. The Hall–Kier alpha value is -0.900. The summed E-state index contributed by atoms with van der Waals surface area (Å²) < 4.78 is 11.6. The fraction of sp³-hybridized carbons (Fsp3) is 0.667. The maximum atomic E-state index is 6.31. The van der Waals surface area contributed by atoms with Gasteiger partial charge in [-0.2, -0.15) is 0 Å². The maximum absolute atomic E-state index is 6.31. The summed E-state index contributed by atoms with van der Waals surface area (Å²) in [5.41, 5.74) is 4.37. The molecule has 0 unspecified atom stereocenters. The number of aryl methyl sites for hydroxylation is 1. The van der Waals surface area contributed by atoms with E-state index in [1.807, 2.05) is 0 Å². The topological polar surface area (TPSA) is 21.7 Å². The first kappa shape index (κ1) is 13.7. The molecule has 0 aromatic heterocycles. The van der Waals surface area contributed by atoms with Crippen molar-refractivity contribution in [2.24, 2.45) is 0 Å². The molecule has 0 aliphatic carbocycles. The average Bonchev–Trinajstić information content (AvgIpc) is 2.79. The number of piperidine rings is 1. The minimum absolute atomic E-state index is 0.000188. The van der Waals surface area contributed by atoms with Gasteiger partial charge in [0, 0.05) is 13.1 Å². The number of likely N-dealkylation sites (tertiary alicyclic amines) is 1. The second-order valence-corrected chi connectivity index (χ2v) is 6.75. The first-order valence-corrected chi connectivity index (χ1v) is 8.39. The maximum Gasteiger partial charge on any atom is 0.0963 e. The van der Waals surface area contributed by atoms with E-state index >= 15 is 0 Å². The van der Waals surface area contributed by atoms with Crippen LogP contribution in [0.1, 0.15) is 42.9 Å². The lowest BCUT2D eigenvalue weighted by Crippen LogP contribution is -2.54. The molecule has 3 heterocycles. The molecule has 1 spiro atoms. The highest BCUT2D eigenvalue weighted by molar-refractivity contribution is 5.39. The molecule has 3 nitrogen and oxygen atoms in total. The molecular formula is C18H25NO2. The van der Waals surface area contributed by atoms with Crippen LogP contribution in [0.3, 0.4) is 0 Å². The third-order valence-electron chi connectivity index (χ3n) is 5.45. The van der Waals surface area contributed by atoms with Gasteiger partial charge in [-0.3, -0.25) is 4.90 Å². The lowest BCUT2D eigenvalue weighted by molar-refractivity contribution is -0.119. The molecule has 0 N–H and O–H groups in total. The predicted octanol–water partition coefficient (Wildman–Crippen LogP) is 2.86. The summed E-state index contributed by atoms with van der Waals surface area (Å²) in [6, 6.07) is 7.66. The Morgan fingerprint density at radius 1 is 1.24 bits per heavy atom. The largest absolute Gasteiger partial charge is 0.378 e. The van der Waals surface area contributed by atoms with Crippen molar-refractivity contribution in [2.45, 2.75) is 50.9 Å². The quantitative estimate of drug-likeness (QED) is 0.853. The van der Waals surface area contributed by atoms with Crippen molar-refractivity contribution >= 4 is 0 Å². The van der Waals surface area contributed by atoms with Gasteiger partial charge in [-0.15, -0.1) is 0 Å². The zero-order valence-electron chi connectivity index (χ0n) is 12.9. The first-order valence-electron chi connectivity index (χ1n) is 8.39. The van der Waals surface area contributed by atoms with E-state index in [0.717, 1.165) is 45.8 Å². The highest BCUT2D eigenvalue weighted by Crippen LogP contribution is 2.45. The van der Waals surface area contributed by atoms with E-state index in [-0.39, 0.29) is 5.60 Å². The van der Waals surface area contributed by atoms with Crippen molar-refractivity contribution in [1.29, 1.82) is 0 Å². The van der Waals surface area contributed by atoms with Crippen molar-refractivity contribution < 1.29 is 9.47 Å².